The summed E-state index contributed by atoms with van der Waals surface area (Å²) in [6.45, 7) is 6.68. The minimum absolute atomic E-state index is 0.0133. The zero-order valence-electron chi connectivity index (χ0n) is 14.8. The number of benzene rings is 1. The van der Waals surface area contributed by atoms with Crippen LogP contribution in [-0.4, -0.2) is 67.7 Å². The van der Waals surface area contributed by atoms with Gasteiger partial charge in [0.2, 0.25) is 5.91 Å². The first-order valence-electron chi connectivity index (χ1n) is 9.30. The van der Waals surface area contributed by atoms with Gasteiger partial charge in [0.05, 0.1) is 13.2 Å². The average Bonchev–Trinajstić information content (AvgIpc) is 2.88. The number of nitrogens with one attached hydrogen (secondary N) is 1. The summed E-state index contributed by atoms with van der Waals surface area (Å²) in [5.41, 5.74) is 0.648. The lowest BCUT2D eigenvalue weighted by Gasteiger charge is -2.34. The lowest BCUT2D eigenvalue weighted by Crippen LogP contribution is -2.43. The zero-order valence-corrected chi connectivity index (χ0v) is 14.8. The monoisotopic (exact) mass is 349 g/mol. The number of hydrogen-bond acceptors (Lipinski definition) is 4. The maximum atomic E-state index is 12.9. The third kappa shape index (κ3) is 5.76. The number of amides is 1. The molecule has 2 saturated heterocycles. The molecule has 2 aliphatic heterocycles. The standard InChI is InChI=1S/C19H28FN3O2/c20-16-3-5-17(6-4-16)21-19(24)8-11-22-9-1-2-18(7-10-22)23-12-14-25-15-13-23/h3-6,18H,1-2,7-15H2,(H,21,24)/t18-/m1/s1. The molecule has 1 aromatic carbocycles. The molecular formula is C19H28FN3O2. The van der Waals surface area contributed by atoms with E-state index in [-0.39, 0.29) is 11.7 Å². The quantitative estimate of drug-likeness (QED) is 0.886. The van der Waals surface area contributed by atoms with Gasteiger partial charge in [-0.15, -0.1) is 0 Å². The van der Waals surface area contributed by atoms with Crippen LogP contribution in [0.15, 0.2) is 24.3 Å². The van der Waals surface area contributed by atoms with E-state index < -0.39 is 0 Å². The Morgan fingerprint density at radius 2 is 1.88 bits per heavy atom. The van der Waals surface area contributed by atoms with Crippen molar-refractivity contribution in [1.29, 1.82) is 0 Å². The van der Waals surface area contributed by atoms with Crippen LogP contribution < -0.4 is 5.32 Å². The molecule has 2 aliphatic rings. The Balaban J connectivity index is 1.39. The number of halogens is 1. The van der Waals surface area contributed by atoms with E-state index in [1.807, 2.05) is 0 Å². The van der Waals surface area contributed by atoms with E-state index in [1.165, 1.54) is 31.4 Å². The van der Waals surface area contributed by atoms with Crippen LogP contribution in [-0.2, 0) is 9.53 Å². The Hall–Kier alpha value is -1.50. The fourth-order valence-electron chi connectivity index (χ4n) is 3.69. The number of carbonyl (C=O) groups is 1. The van der Waals surface area contributed by atoms with Crippen LogP contribution in [0.4, 0.5) is 10.1 Å². The van der Waals surface area contributed by atoms with Gasteiger partial charge in [0, 0.05) is 37.8 Å². The number of nitrogens with zero attached hydrogens (tertiary/aromatic N) is 2. The fourth-order valence-corrected chi connectivity index (χ4v) is 3.69. The lowest BCUT2D eigenvalue weighted by molar-refractivity contribution is -0.116. The second kappa shape index (κ2) is 9.27. The predicted octanol–water partition coefficient (Wildman–Crippen LogP) is 2.34. The van der Waals surface area contributed by atoms with Crippen LogP contribution in [0.25, 0.3) is 0 Å². The van der Waals surface area contributed by atoms with Crippen LogP contribution in [0.5, 0.6) is 0 Å². The molecule has 1 atom stereocenters. The van der Waals surface area contributed by atoms with E-state index in [0.29, 0.717) is 18.2 Å². The molecule has 25 heavy (non-hydrogen) atoms. The molecular weight excluding hydrogens is 321 g/mol. The maximum Gasteiger partial charge on any atom is 0.225 e. The van der Waals surface area contributed by atoms with Crippen molar-refractivity contribution < 1.29 is 13.9 Å². The minimum Gasteiger partial charge on any atom is -0.379 e. The topological polar surface area (TPSA) is 44.8 Å². The number of rotatable bonds is 5. The Bertz CT molecular complexity index is 546. The SMILES string of the molecule is O=C(CCN1CCC[C@@H](N2CCOCC2)CC1)Nc1ccc(F)cc1. The first kappa shape index (κ1) is 18.3. The second-order valence-corrected chi connectivity index (χ2v) is 6.88. The molecule has 0 spiro atoms. The summed E-state index contributed by atoms with van der Waals surface area (Å²) in [7, 11) is 0. The summed E-state index contributed by atoms with van der Waals surface area (Å²) < 4.78 is 18.3. The number of carbonyl (C=O) groups excluding carboxylic acids is 1. The molecule has 2 fully saturated rings. The third-order valence-corrected chi connectivity index (χ3v) is 5.14. The van der Waals surface area contributed by atoms with Crippen molar-refractivity contribution in [3.8, 4) is 0 Å². The smallest absolute Gasteiger partial charge is 0.225 e. The van der Waals surface area contributed by atoms with Crippen LogP contribution in [0.3, 0.4) is 0 Å². The van der Waals surface area contributed by atoms with E-state index >= 15 is 0 Å². The molecule has 1 amide bonds. The molecule has 1 N–H and O–H groups in total. The molecule has 0 unspecified atom stereocenters. The summed E-state index contributed by atoms with van der Waals surface area (Å²) in [6, 6.07) is 6.55. The van der Waals surface area contributed by atoms with E-state index in [0.717, 1.165) is 45.9 Å². The molecule has 5 nitrogen and oxygen atoms in total. The Morgan fingerprint density at radius 3 is 2.64 bits per heavy atom. The fraction of sp³-hybridized carbons (Fsp3) is 0.632. The first-order valence-corrected chi connectivity index (χ1v) is 9.30. The van der Waals surface area contributed by atoms with Gasteiger partial charge in [-0.2, -0.15) is 0 Å². The average molecular weight is 349 g/mol. The first-order chi connectivity index (χ1) is 12.2. The van der Waals surface area contributed by atoms with Gasteiger partial charge in [-0.25, -0.2) is 4.39 Å². The van der Waals surface area contributed by atoms with Gasteiger partial charge in [0.25, 0.3) is 0 Å². The van der Waals surface area contributed by atoms with E-state index in [2.05, 4.69) is 15.1 Å². The van der Waals surface area contributed by atoms with Crippen molar-refractivity contribution in [3.63, 3.8) is 0 Å². The highest BCUT2D eigenvalue weighted by Gasteiger charge is 2.24. The predicted molar refractivity (Wildman–Crippen MR) is 96.1 cm³/mol. The Labute approximate surface area is 149 Å². The van der Waals surface area contributed by atoms with Crippen LogP contribution in [0.2, 0.25) is 0 Å². The number of ether oxygens (including phenoxy) is 1. The summed E-state index contributed by atoms with van der Waals surface area (Å²) in [6.07, 6.45) is 4.05. The number of morpholine rings is 1. The van der Waals surface area contributed by atoms with Crippen molar-refractivity contribution in [1.82, 2.24) is 9.80 Å². The van der Waals surface area contributed by atoms with Crippen molar-refractivity contribution >= 4 is 11.6 Å². The molecule has 6 heteroatoms. The molecule has 0 saturated carbocycles. The zero-order chi connectivity index (χ0) is 17.5. The molecule has 2 heterocycles. The van der Waals surface area contributed by atoms with Crippen molar-refractivity contribution in [2.75, 3.05) is 51.3 Å². The molecule has 0 bridgehead atoms. The van der Waals surface area contributed by atoms with Gasteiger partial charge in [-0.1, -0.05) is 0 Å². The Kier molecular flexibility index (Phi) is 6.78. The minimum atomic E-state index is -0.294. The van der Waals surface area contributed by atoms with Crippen molar-refractivity contribution in [2.24, 2.45) is 0 Å². The molecule has 0 radical (unpaired) electrons. The van der Waals surface area contributed by atoms with Crippen LogP contribution >= 0.6 is 0 Å². The molecule has 0 aliphatic carbocycles. The highest BCUT2D eigenvalue weighted by atomic mass is 19.1. The number of likely N-dealkylation sites (tertiary alicyclic amines) is 1. The van der Waals surface area contributed by atoms with Gasteiger partial charge < -0.3 is 15.0 Å². The second-order valence-electron chi connectivity index (χ2n) is 6.88. The number of hydrogen-bond donors (Lipinski definition) is 1. The van der Waals surface area contributed by atoms with Crippen molar-refractivity contribution in [3.05, 3.63) is 30.1 Å². The molecule has 1 aromatic rings. The van der Waals surface area contributed by atoms with Gasteiger partial charge in [0.15, 0.2) is 0 Å². The molecule has 0 aromatic heterocycles. The lowest BCUT2D eigenvalue weighted by atomic mass is 10.1. The van der Waals surface area contributed by atoms with E-state index in [1.54, 1.807) is 12.1 Å². The Morgan fingerprint density at radius 1 is 1.12 bits per heavy atom. The summed E-state index contributed by atoms with van der Waals surface area (Å²) in [5.74, 6) is -0.307. The van der Waals surface area contributed by atoms with Gasteiger partial charge in [-0.05, 0) is 56.6 Å². The normalized spacial score (nSPS) is 23.2. The van der Waals surface area contributed by atoms with E-state index in [4.69, 9.17) is 4.74 Å². The van der Waals surface area contributed by atoms with Crippen LogP contribution in [0, 0.1) is 5.82 Å². The maximum absolute atomic E-state index is 12.9. The highest BCUT2D eigenvalue weighted by molar-refractivity contribution is 5.90. The van der Waals surface area contributed by atoms with Crippen molar-refractivity contribution in [2.45, 2.75) is 31.7 Å². The third-order valence-electron chi connectivity index (χ3n) is 5.14. The van der Waals surface area contributed by atoms with E-state index in [9.17, 15) is 9.18 Å². The van der Waals surface area contributed by atoms with Gasteiger partial charge >= 0.3 is 0 Å². The summed E-state index contributed by atoms with van der Waals surface area (Å²) >= 11 is 0. The summed E-state index contributed by atoms with van der Waals surface area (Å²) in [4.78, 5) is 17.0. The number of anilines is 1. The van der Waals surface area contributed by atoms with Crippen LogP contribution in [0.1, 0.15) is 25.7 Å². The largest absolute Gasteiger partial charge is 0.379 e. The molecule has 138 valence electrons. The highest BCUT2D eigenvalue weighted by Crippen LogP contribution is 2.18. The van der Waals surface area contributed by atoms with Gasteiger partial charge in [0.1, 0.15) is 5.82 Å². The summed E-state index contributed by atoms with van der Waals surface area (Å²) in [5, 5.41) is 2.83. The van der Waals surface area contributed by atoms with Gasteiger partial charge in [-0.3, -0.25) is 9.69 Å². The molecule has 3 rings (SSSR count).